The number of carbonyl (C=O) groups excluding carboxylic acids is 1. The van der Waals surface area contributed by atoms with Gasteiger partial charge in [0, 0.05) is 18.1 Å². The average Bonchev–Trinajstić information content (AvgIpc) is 2.60. The first-order valence-electron chi connectivity index (χ1n) is 4.19. The Hall–Kier alpha value is 0.330. The van der Waals surface area contributed by atoms with Gasteiger partial charge in [-0.15, -0.1) is 23.5 Å². The van der Waals surface area contributed by atoms with Crippen LogP contribution in [0.2, 0.25) is 0 Å². The Bertz CT molecular complexity index is 191. The van der Waals surface area contributed by atoms with Crippen LogP contribution in [0.1, 0.15) is 6.42 Å². The van der Waals surface area contributed by atoms with E-state index in [-0.39, 0.29) is 6.04 Å². The maximum absolute atomic E-state index is 10.7. The van der Waals surface area contributed by atoms with Crippen LogP contribution in [0.4, 0.5) is 0 Å². The van der Waals surface area contributed by atoms with Crippen molar-refractivity contribution in [3.8, 4) is 0 Å². The molecule has 1 unspecified atom stereocenters. The van der Waals surface area contributed by atoms with Gasteiger partial charge in [0.1, 0.15) is 6.29 Å². The van der Waals surface area contributed by atoms with Gasteiger partial charge >= 0.3 is 0 Å². The molecule has 2 saturated heterocycles. The number of likely N-dealkylation sites (N-methyl/N-ethyl adjacent to an activating group) is 1. The van der Waals surface area contributed by atoms with Crippen molar-refractivity contribution in [2.75, 3.05) is 25.1 Å². The average molecular weight is 203 g/mol. The second-order valence-corrected chi connectivity index (χ2v) is 6.65. The zero-order chi connectivity index (χ0) is 8.60. The third kappa shape index (κ3) is 1.40. The van der Waals surface area contributed by atoms with Gasteiger partial charge in [-0.2, -0.15) is 0 Å². The highest BCUT2D eigenvalue weighted by atomic mass is 32.2. The topological polar surface area (TPSA) is 20.3 Å². The summed E-state index contributed by atoms with van der Waals surface area (Å²) in [5.74, 6) is 2.51. The summed E-state index contributed by atoms with van der Waals surface area (Å²) in [5.41, 5.74) is 0. The SMILES string of the molecule is CN1CC2(CC1C=O)SCCS2. The Morgan fingerprint density at radius 3 is 2.67 bits per heavy atom. The van der Waals surface area contributed by atoms with E-state index in [1.807, 2.05) is 30.6 Å². The highest BCUT2D eigenvalue weighted by Crippen LogP contribution is 2.50. The molecule has 2 aliphatic rings. The van der Waals surface area contributed by atoms with Crippen molar-refractivity contribution < 1.29 is 4.79 Å². The van der Waals surface area contributed by atoms with Gasteiger partial charge in [-0.25, -0.2) is 0 Å². The van der Waals surface area contributed by atoms with Crippen LogP contribution in [0.5, 0.6) is 0 Å². The summed E-state index contributed by atoms with van der Waals surface area (Å²) in [7, 11) is 2.05. The molecule has 0 aromatic carbocycles. The van der Waals surface area contributed by atoms with Gasteiger partial charge in [-0.05, 0) is 13.5 Å². The zero-order valence-corrected chi connectivity index (χ0v) is 8.79. The number of nitrogens with zero attached hydrogens (tertiary/aromatic N) is 1. The van der Waals surface area contributed by atoms with E-state index in [1.165, 1.54) is 11.5 Å². The van der Waals surface area contributed by atoms with Crippen LogP contribution in [-0.4, -0.2) is 46.4 Å². The van der Waals surface area contributed by atoms with Crippen LogP contribution < -0.4 is 0 Å². The smallest absolute Gasteiger partial charge is 0.137 e. The molecule has 2 rings (SSSR count). The number of carbonyl (C=O) groups is 1. The molecular formula is C8H13NOS2. The van der Waals surface area contributed by atoms with Crippen molar-refractivity contribution in [2.45, 2.75) is 16.5 Å². The van der Waals surface area contributed by atoms with Crippen molar-refractivity contribution in [1.29, 1.82) is 0 Å². The molecule has 0 aliphatic carbocycles. The number of hydrogen-bond acceptors (Lipinski definition) is 4. The van der Waals surface area contributed by atoms with E-state index >= 15 is 0 Å². The van der Waals surface area contributed by atoms with Crippen LogP contribution in [0, 0.1) is 0 Å². The molecule has 2 fully saturated rings. The fraction of sp³-hybridized carbons (Fsp3) is 0.875. The molecule has 2 heterocycles. The molecule has 2 nitrogen and oxygen atoms in total. The second-order valence-electron chi connectivity index (χ2n) is 3.43. The molecule has 0 bridgehead atoms. The molecule has 0 saturated carbocycles. The number of thioether (sulfide) groups is 2. The molecule has 4 heteroatoms. The fourth-order valence-electron chi connectivity index (χ4n) is 1.89. The van der Waals surface area contributed by atoms with Crippen LogP contribution in [0.15, 0.2) is 0 Å². The molecular weight excluding hydrogens is 190 g/mol. The molecule has 68 valence electrons. The zero-order valence-electron chi connectivity index (χ0n) is 7.16. The quantitative estimate of drug-likeness (QED) is 0.594. The molecule has 0 N–H and O–H groups in total. The second kappa shape index (κ2) is 3.24. The Kier molecular flexibility index (Phi) is 2.40. The van der Waals surface area contributed by atoms with E-state index in [2.05, 4.69) is 4.90 Å². The largest absolute Gasteiger partial charge is 0.302 e. The number of rotatable bonds is 1. The van der Waals surface area contributed by atoms with E-state index in [4.69, 9.17) is 0 Å². The lowest BCUT2D eigenvalue weighted by Gasteiger charge is -2.19. The number of aldehydes is 1. The minimum absolute atomic E-state index is 0.170. The predicted octanol–water partition coefficient (Wildman–Crippen LogP) is 1.07. The first-order chi connectivity index (χ1) is 5.76. The van der Waals surface area contributed by atoms with Gasteiger partial charge < -0.3 is 4.79 Å². The predicted molar refractivity (Wildman–Crippen MR) is 54.7 cm³/mol. The molecule has 0 aromatic rings. The molecule has 0 amide bonds. The van der Waals surface area contributed by atoms with E-state index < -0.39 is 0 Å². The Labute approximate surface area is 81.4 Å². The maximum atomic E-state index is 10.7. The summed E-state index contributed by atoms with van der Waals surface area (Å²) in [6.07, 6.45) is 2.14. The van der Waals surface area contributed by atoms with Gasteiger partial charge in [0.05, 0.1) is 10.1 Å². The highest BCUT2D eigenvalue weighted by Gasteiger charge is 2.45. The summed E-state index contributed by atoms with van der Waals surface area (Å²) < 4.78 is 0.361. The summed E-state index contributed by atoms with van der Waals surface area (Å²) in [4.78, 5) is 12.9. The van der Waals surface area contributed by atoms with Gasteiger partial charge in [0.25, 0.3) is 0 Å². The lowest BCUT2D eigenvalue weighted by Crippen LogP contribution is -2.26. The standard InChI is InChI=1S/C8H13NOS2/c1-9-6-8(4-7(9)5-10)11-2-3-12-8/h5,7H,2-4,6H2,1H3. The van der Waals surface area contributed by atoms with E-state index in [1.54, 1.807) is 0 Å². The minimum atomic E-state index is 0.170. The van der Waals surface area contributed by atoms with E-state index in [0.29, 0.717) is 4.08 Å². The Morgan fingerprint density at radius 1 is 1.50 bits per heavy atom. The molecule has 2 aliphatic heterocycles. The number of likely N-dealkylation sites (tertiary alicyclic amines) is 1. The fourth-order valence-corrected chi connectivity index (χ4v) is 5.31. The van der Waals surface area contributed by atoms with Gasteiger partial charge in [-0.1, -0.05) is 0 Å². The highest BCUT2D eigenvalue weighted by molar-refractivity contribution is 8.21. The minimum Gasteiger partial charge on any atom is -0.302 e. The van der Waals surface area contributed by atoms with Crippen LogP contribution in [0.3, 0.4) is 0 Å². The monoisotopic (exact) mass is 203 g/mol. The summed E-state index contributed by atoms with van der Waals surface area (Å²) in [6.45, 7) is 1.08. The third-order valence-corrected chi connectivity index (χ3v) is 5.97. The summed E-state index contributed by atoms with van der Waals surface area (Å²) >= 11 is 4.08. The molecule has 12 heavy (non-hydrogen) atoms. The van der Waals surface area contributed by atoms with Gasteiger partial charge in [0.15, 0.2) is 0 Å². The van der Waals surface area contributed by atoms with Gasteiger partial charge in [0.2, 0.25) is 0 Å². The molecule has 1 spiro atoms. The van der Waals surface area contributed by atoms with Crippen molar-refractivity contribution in [1.82, 2.24) is 4.90 Å². The van der Waals surface area contributed by atoms with E-state index in [9.17, 15) is 4.79 Å². The van der Waals surface area contributed by atoms with Crippen LogP contribution in [0.25, 0.3) is 0 Å². The lowest BCUT2D eigenvalue weighted by atomic mass is 10.2. The van der Waals surface area contributed by atoms with Crippen LogP contribution in [-0.2, 0) is 4.79 Å². The first-order valence-corrected chi connectivity index (χ1v) is 6.16. The first kappa shape index (κ1) is 8.91. The van der Waals surface area contributed by atoms with Crippen LogP contribution >= 0.6 is 23.5 Å². The van der Waals surface area contributed by atoms with E-state index in [0.717, 1.165) is 19.3 Å². The Balaban J connectivity index is 2.08. The van der Waals surface area contributed by atoms with Crippen molar-refractivity contribution >= 4 is 29.8 Å². The molecule has 1 atom stereocenters. The van der Waals surface area contributed by atoms with Gasteiger partial charge in [-0.3, -0.25) is 4.90 Å². The Morgan fingerprint density at radius 2 is 2.17 bits per heavy atom. The van der Waals surface area contributed by atoms with Crippen molar-refractivity contribution in [3.63, 3.8) is 0 Å². The maximum Gasteiger partial charge on any atom is 0.137 e. The molecule has 0 aromatic heterocycles. The third-order valence-electron chi connectivity index (χ3n) is 2.55. The van der Waals surface area contributed by atoms with Crippen molar-refractivity contribution in [2.24, 2.45) is 0 Å². The van der Waals surface area contributed by atoms with Crippen molar-refractivity contribution in [3.05, 3.63) is 0 Å². The molecule has 0 radical (unpaired) electrons. The summed E-state index contributed by atoms with van der Waals surface area (Å²) in [6, 6.07) is 0.170. The lowest BCUT2D eigenvalue weighted by molar-refractivity contribution is -0.111. The number of hydrogen-bond donors (Lipinski definition) is 0. The summed E-state index contributed by atoms with van der Waals surface area (Å²) in [5, 5.41) is 0. The normalized spacial score (nSPS) is 34.6.